The molecule has 3 aromatic rings. The molecule has 0 bridgehead atoms. The van der Waals surface area contributed by atoms with E-state index < -0.39 is 0 Å². The summed E-state index contributed by atoms with van der Waals surface area (Å²) in [6.45, 7) is 3.11. The van der Waals surface area contributed by atoms with Crippen LogP contribution in [0.25, 0.3) is 10.1 Å². The number of nitrogens with zero attached hydrogens (tertiary/aromatic N) is 2. The summed E-state index contributed by atoms with van der Waals surface area (Å²) in [5.41, 5.74) is 0. The number of piperidine rings is 1. The van der Waals surface area contributed by atoms with E-state index in [1.165, 1.54) is 29.3 Å². The minimum atomic E-state index is 0.269. The molecule has 0 spiro atoms. The molecule has 23 heavy (non-hydrogen) atoms. The van der Waals surface area contributed by atoms with Crippen LogP contribution in [0.4, 0.5) is 5.82 Å². The van der Waals surface area contributed by atoms with Crippen molar-refractivity contribution in [2.45, 2.75) is 25.3 Å². The van der Waals surface area contributed by atoms with Gasteiger partial charge < -0.3 is 9.73 Å². The molecule has 1 atom stereocenters. The first-order valence-corrected chi connectivity index (χ1v) is 9.05. The van der Waals surface area contributed by atoms with Crippen LogP contribution in [0.5, 0.6) is 0 Å². The third-order valence-corrected chi connectivity index (χ3v) is 5.37. The van der Waals surface area contributed by atoms with E-state index in [9.17, 15) is 0 Å². The molecular weight excluding hydrogens is 306 g/mol. The minimum Gasteiger partial charge on any atom is -0.468 e. The molecule has 1 aromatic carbocycles. The fraction of sp³-hybridized carbons (Fsp3) is 0.389. The number of furan rings is 1. The number of hydrogen-bond donors (Lipinski definition) is 1. The lowest BCUT2D eigenvalue weighted by molar-refractivity contribution is 0.153. The predicted molar refractivity (Wildman–Crippen MR) is 95.0 cm³/mol. The van der Waals surface area contributed by atoms with E-state index in [1.54, 1.807) is 17.8 Å². The van der Waals surface area contributed by atoms with Crippen LogP contribution < -0.4 is 5.32 Å². The first-order chi connectivity index (χ1) is 11.4. The maximum Gasteiger partial charge on any atom is 0.147 e. The zero-order chi connectivity index (χ0) is 15.5. The van der Waals surface area contributed by atoms with Crippen molar-refractivity contribution in [3.8, 4) is 0 Å². The molecule has 1 aliphatic rings. The highest BCUT2D eigenvalue weighted by Crippen LogP contribution is 2.29. The zero-order valence-electron chi connectivity index (χ0n) is 13.1. The summed E-state index contributed by atoms with van der Waals surface area (Å²) in [7, 11) is 0. The molecule has 1 aliphatic heterocycles. The molecule has 1 N–H and O–H groups in total. The van der Waals surface area contributed by atoms with E-state index in [4.69, 9.17) is 4.42 Å². The van der Waals surface area contributed by atoms with Crippen LogP contribution in [0.2, 0.25) is 0 Å². The third kappa shape index (κ3) is 3.12. The van der Waals surface area contributed by atoms with E-state index in [1.807, 2.05) is 6.07 Å². The fourth-order valence-electron chi connectivity index (χ4n) is 3.33. The predicted octanol–water partition coefficient (Wildman–Crippen LogP) is 4.53. The summed E-state index contributed by atoms with van der Waals surface area (Å²) in [6.07, 6.45) is 5.66. The second kappa shape index (κ2) is 6.72. The largest absolute Gasteiger partial charge is 0.468 e. The number of benzene rings is 1. The van der Waals surface area contributed by atoms with Crippen LogP contribution in [0.15, 0.2) is 47.1 Å². The van der Waals surface area contributed by atoms with Crippen LogP contribution in [0.1, 0.15) is 31.1 Å². The summed E-state index contributed by atoms with van der Waals surface area (Å²) in [5.74, 6) is 2.03. The maximum atomic E-state index is 5.71. The number of rotatable bonds is 5. The van der Waals surface area contributed by atoms with Gasteiger partial charge in [0.15, 0.2) is 0 Å². The van der Waals surface area contributed by atoms with Gasteiger partial charge in [0.1, 0.15) is 11.6 Å². The van der Waals surface area contributed by atoms with Gasteiger partial charge >= 0.3 is 0 Å². The molecule has 0 amide bonds. The quantitative estimate of drug-likeness (QED) is 0.747. The van der Waals surface area contributed by atoms with E-state index in [0.717, 1.165) is 31.2 Å². The van der Waals surface area contributed by atoms with Crippen molar-refractivity contribution in [1.82, 2.24) is 9.27 Å². The standard InChI is InChI=1S/C18H21N3OS/c1-4-10-21(11-5-1)15(16-8-6-12-22-16)13-19-18-14-7-2-3-9-17(14)23-20-18/h2-3,6-9,12,15H,1,4-5,10-11,13H2,(H,19,20). The first kappa shape index (κ1) is 14.7. The highest BCUT2D eigenvalue weighted by molar-refractivity contribution is 7.13. The van der Waals surface area contributed by atoms with E-state index in [2.05, 4.69) is 44.9 Å². The molecule has 2 aromatic heterocycles. The van der Waals surface area contributed by atoms with Crippen molar-refractivity contribution >= 4 is 27.4 Å². The molecule has 1 fully saturated rings. The molecular formula is C18H21N3OS. The first-order valence-electron chi connectivity index (χ1n) is 8.27. The van der Waals surface area contributed by atoms with Gasteiger partial charge in [0, 0.05) is 11.9 Å². The summed E-state index contributed by atoms with van der Waals surface area (Å²) in [6, 6.07) is 12.7. The van der Waals surface area contributed by atoms with Gasteiger partial charge in [0.25, 0.3) is 0 Å². The summed E-state index contributed by atoms with van der Waals surface area (Å²) >= 11 is 1.55. The average Bonchev–Trinajstić information content (AvgIpc) is 3.26. The second-order valence-corrected chi connectivity index (χ2v) is 6.84. The molecule has 4 rings (SSSR count). The van der Waals surface area contributed by atoms with E-state index in [0.29, 0.717) is 0 Å². The topological polar surface area (TPSA) is 41.3 Å². The highest BCUT2D eigenvalue weighted by Gasteiger charge is 2.24. The molecule has 1 unspecified atom stereocenters. The maximum absolute atomic E-state index is 5.71. The lowest BCUT2D eigenvalue weighted by Crippen LogP contribution is -2.37. The molecule has 0 aliphatic carbocycles. The van der Waals surface area contributed by atoms with Crippen molar-refractivity contribution in [1.29, 1.82) is 0 Å². The van der Waals surface area contributed by atoms with Crippen molar-refractivity contribution in [3.63, 3.8) is 0 Å². The van der Waals surface area contributed by atoms with Crippen LogP contribution >= 0.6 is 11.5 Å². The van der Waals surface area contributed by atoms with Gasteiger partial charge in [-0.15, -0.1) is 0 Å². The molecule has 120 valence electrons. The number of likely N-dealkylation sites (tertiary alicyclic amines) is 1. The molecule has 5 heteroatoms. The van der Waals surface area contributed by atoms with Gasteiger partial charge in [0.2, 0.25) is 0 Å². The number of nitrogens with one attached hydrogen (secondary N) is 1. The summed E-state index contributed by atoms with van der Waals surface area (Å²) in [4.78, 5) is 2.53. The Morgan fingerprint density at radius 3 is 2.83 bits per heavy atom. The van der Waals surface area contributed by atoms with Crippen molar-refractivity contribution in [2.75, 3.05) is 25.0 Å². The van der Waals surface area contributed by atoms with Gasteiger partial charge in [0.05, 0.1) is 17.0 Å². The second-order valence-electron chi connectivity index (χ2n) is 6.04. The summed E-state index contributed by atoms with van der Waals surface area (Å²) in [5, 5.41) is 4.75. The Labute approximate surface area is 140 Å². The lowest BCUT2D eigenvalue weighted by Gasteiger charge is -2.33. The third-order valence-electron chi connectivity index (χ3n) is 4.54. The average molecular weight is 327 g/mol. The normalized spacial score (nSPS) is 17.4. The van der Waals surface area contributed by atoms with Gasteiger partial charge in [-0.25, -0.2) is 0 Å². The SMILES string of the molecule is c1coc(C(CNc2nsc3ccccc23)N2CCCCC2)c1. The van der Waals surface area contributed by atoms with E-state index >= 15 is 0 Å². The van der Waals surface area contributed by atoms with Crippen molar-refractivity contribution < 1.29 is 4.42 Å². The monoisotopic (exact) mass is 327 g/mol. The molecule has 1 saturated heterocycles. The Kier molecular flexibility index (Phi) is 4.30. The highest BCUT2D eigenvalue weighted by atomic mass is 32.1. The van der Waals surface area contributed by atoms with Gasteiger partial charge in [-0.1, -0.05) is 18.6 Å². The number of aromatic nitrogens is 1. The van der Waals surface area contributed by atoms with Gasteiger partial charge in [-0.05, 0) is 61.7 Å². The van der Waals surface area contributed by atoms with Crippen molar-refractivity contribution in [3.05, 3.63) is 48.4 Å². The Morgan fingerprint density at radius 2 is 2.00 bits per heavy atom. The van der Waals surface area contributed by atoms with E-state index in [-0.39, 0.29) is 6.04 Å². The van der Waals surface area contributed by atoms with Gasteiger partial charge in [-0.3, -0.25) is 4.90 Å². The fourth-order valence-corrected chi connectivity index (χ4v) is 4.08. The number of anilines is 1. The minimum absolute atomic E-state index is 0.269. The summed E-state index contributed by atoms with van der Waals surface area (Å²) < 4.78 is 11.5. The number of hydrogen-bond acceptors (Lipinski definition) is 5. The van der Waals surface area contributed by atoms with Crippen LogP contribution in [-0.2, 0) is 0 Å². The smallest absolute Gasteiger partial charge is 0.147 e. The Hall–Kier alpha value is -1.85. The Balaban J connectivity index is 1.53. The molecule has 3 heterocycles. The van der Waals surface area contributed by atoms with Crippen LogP contribution in [0.3, 0.4) is 0 Å². The molecule has 0 radical (unpaired) electrons. The Morgan fingerprint density at radius 1 is 1.13 bits per heavy atom. The van der Waals surface area contributed by atoms with Crippen LogP contribution in [0, 0.1) is 0 Å². The number of fused-ring (bicyclic) bond motifs is 1. The zero-order valence-corrected chi connectivity index (χ0v) is 13.9. The van der Waals surface area contributed by atoms with Crippen molar-refractivity contribution in [2.24, 2.45) is 0 Å². The Bertz CT molecular complexity index is 747. The lowest BCUT2D eigenvalue weighted by atomic mass is 10.1. The van der Waals surface area contributed by atoms with Crippen LogP contribution in [-0.4, -0.2) is 28.9 Å². The molecule has 0 saturated carbocycles. The molecule has 4 nitrogen and oxygen atoms in total. The van der Waals surface area contributed by atoms with Gasteiger partial charge in [-0.2, -0.15) is 4.37 Å².